The van der Waals surface area contributed by atoms with Crippen LogP contribution >= 0.6 is 15.9 Å². The van der Waals surface area contributed by atoms with Crippen LogP contribution in [-0.4, -0.2) is 0 Å². The maximum absolute atomic E-state index is 9.08. The molecular formula is C15H9BrN2. The normalized spacial score (nSPS) is 9.28. The average Bonchev–Trinajstić information content (AvgIpc) is 2.41. The number of halogens is 1. The predicted molar refractivity (Wildman–Crippen MR) is 76.5 cm³/mol. The number of nitrogens with zero attached hydrogens (tertiary/aromatic N) is 1. The van der Waals surface area contributed by atoms with Crippen LogP contribution in [0, 0.1) is 23.7 Å². The molecule has 1 N–H and O–H groups in total. The van der Waals surface area contributed by atoms with E-state index in [1.165, 1.54) is 0 Å². The highest BCUT2D eigenvalue weighted by atomic mass is 79.9. The summed E-state index contributed by atoms with van der Waals surface area (Å²) in [5.41, 5.74) is 3.00. The second-order valence-corrected chi connectivity index (χ2v) is 4.57. The highest BCUT2D eigenvalue weighted by Gasteiger charge is 2.03. The van der Waals surface area contributed by atoms with Gasteiger partial charge in [0.25, 0.3) is 0 Å². The van der Waals surface area contributed by atoms with E-state index < -0.39 is 0 Å². The van der Waals surface area contributed by atoms with Gasteiger partial charge in [0.15, 0.2) is 0 Å². The van der Waals surface area contributed by atoms with E-state index in [1.807, 2.05) is 36.4 Å². The van der Waals surface area contributed by atoms with Gasteiger partial charge in [-0.3, -0.25) is 0 Å². The van der Waals surface area contributed by atoms with Crippen LogP contribution in [0.2, 0.25) is 0 Å². The minimum Gasteiger partial charge on any atom is -0.354 e. The van der Waals surface area contributed by atoms with Crippen molar-refractivity contribution in [3.8, 4) is 18.4 Å². The van der Waals surface area contributed by atoms with Gasteiger partial charge >= 0.3 is 0 Å². The van der Waals surface area contributed by atoms with E-state index in [1.54, 1.807) is 6.07 Å². The average molecular weight is 297 g/mol. The van der Waals surface area contributed by atoms with E-state index in [2.05, 4.69) is 33.2 Å². The quantitative estimate of drug-likeness (QED) is 0.849. The Hall–Kier alpha value is -2.23. The van der Waals surface area contributed by atoms with Crippen molar-refractivity contribution in [2.45, 2.75) is 0 Å². The monoisotopic (exact) mass is 296 g/mol. The summed E-state index contributed by atoms with van der Waals surface area (Å²) < 4.78 is 0.877. The first kappa shape index (κ1) is 12.2. The lowest BCUT2D eigenvalue weighted by molar-refractivity contribution is 1.45. The Balaban J connectivity index is 2.35. The van der Waals surface area contributed by atoms with Crippen molar-refractivity contribution in [1.29, 1.82) is 5.26 Å². The van der Waals surface area contributed by atoms with Crippen molar-refractivity contribution in [1.82, 2.24) is 0 Å². The number of rotatable bonds is 2. The molecule has 2 aromatic rings. The first-order chi connectivity index (χ1) is 8.72. The minimum atomic E-state index is 0.579. The molecule has 0 saturated carbocycles. The molecule has 18 heavy (non-hydrogen) atoms. The summed E-state index contributed by atoms with van der Waals surface area (Å²) in [6.07, 6.45) is 5.35. The molecule has 0 amide bonds. The third kappa shape index (κ3) is 2.71. The number of terminal acetylenes is 1. The van der Waals surface area contributed by atoms with Gasteiger partial charge in [0.2, 0.25) is 0 Å². The summed E-state index contributed by atoms with van der Waals surface area (Å²) in [6, 6.07) is 15.2. The summed E-state index contributed by atoms with van der Waals surface area (Å²) >= 11 is 3.34. The molecule has 3 heteroatoms. The molecular weight excluding hydrogens is 288 g/mol. The molecule has 0 aromatic heterocycles. The van der Waals surface area contributed by atoms with Crippen LogP contribution in [0.5, 0.6) is 0 Å². The van der Waals surface area contributed by atoms with Crippen molar-refractivity contribution in [2.24, 2.45) is 0 Å². The van der Waals surface area contributed by atoms with Crippen LogP contribution in [-0.2, 0) is 0 Å². The number of nitrogens with one attached hydrogen (secondary N) is 1. The Bertz CT molecular complexity index is 663. The molecule has 86 valence electrons. The Kier molecular flexibility index (Phi) is 3.67. The smallest absolute Gasteiger partial charge is 0.101 e. The van der Waals surface area contributed by atoms with Crippen molar-refractivity contribution in [2.75, 3.05) is 5.32 Å². The zero-order valence-electron chi connectivity index (χ0n) is 9.44. The summed E-state index contributed by atoms with van der Waals surface area (Å²) in [7, 11) is 0. The van der Waals surface area contributed by atoms with Crippen molar-refractivity contribution < 1.29 is 0 Å². The van der Waals surface area contributed by atoms with Crippen LogP contribution in [0.15, 0.2) is 46.9 Å². The van der Waals surface area contributed by atoms with E-state index in [9.17, 15) is 0 Å². The topological polar surface area (TPSA) is 35.8 Å². The molecule has 0 radical (unpaired) electrons. The fraction of sp³-hybridized carbons (Fsp3) is 0. The number of hydrogen-bond acceptors (Lipinski definition) is 2. The zero-order valence-corrected chi connectivity index (χ0v) is 11.0. The number of hydrogen-bond donors (Lipinski definition) is 1. The van der Waals surface area contributed by atoms with Gasteiger partial charge < -0.3 is 5.32 Å². The summed E-state index contributed by atoms with van der Waals surface area (Å²) in [5.74, 6) is 2.58. The molecule has 0 unspecified atom stereocenters. The maximum atomic E-state index is 9.08. The SMILES string of the molecule is C#Cc1cccc(Nc2ccc(Br)cc2C#N)c1. The lowest BCUT2D eigenvalue weighted by atomic mass is 10.1. The largest absolute Gasteiger partial charge is 0.354 e. The van der Waals surface area contributed by atoms with Crippen LogP contribution in [0.25, 0.3) is 0 Å². The molecule has 0 aliphatic carbocycles. The van der Waals surface area contributed by atoms with E-state index in [0.717, 1.165) is 21.4 Å². The summed E-state index contributed by atoms with van der Waals surface area (Å²) in [5, 5.41) is 12.3. The second-order valence-electron chi connectivity index (χ2n) is 3.65. The Morgan fingerprint density at radius 2 is 2.00 bits per heavy atom. The molecule has 0 aliphatic rings. The van der Waals surface area contributed by atoms with E-state index in [4.69, 9.17) is 11.7 Å². The van der Waals surface area contributed by atoms with E-state index in [0.29, 0.717) is 5.56 Å². The molecule has 0 aliphatic heterocycles. The highest BCUT2D eigenvalue weighted by molar-refractivity contribution is 9.10. The third-order valence-electron chi connectivity index (χ3n) is 2.41. The molecule has 0 heterocycles. The molecule has 0 atom stereocenters. The fourth-order valence-corrected chi connectivity index (χ4v) is 1.92. The van der Waals surface area contributed by atoms with Gasteiger partial charge in [0, 0.05) is 15.7 Å². The maximum Gasteiger partial charge on any atom is 0.101 e. The number of nitriles is 1. The molecule has 0 saturated heterocycles. The molecule has 0 bridgehead atoms. The van der Waals surface area contributed by atoms with Gasteiger partial charge in [-0.2, -0.15) is 5.26 Å². The van der Waals surface area contributed by atoms with Crippen molar-refractivity contribution in [3.63, 3.8) is 0 Å². The van der Waals surface area contributed by atoms with Gasteiger partial charge in [-0.15, -0.1) is 6.42 Å². The van der Waals surface area contributed by atoms with Crippen molar-refractivity contribution in [3.05, 3.63) is 58.1 Å². The number of anilines is 2. The van der Waals surface area contributed by atoms with E-state index >= 15 is 0 Å². The lowest BCUT2D eigenvalue weighted by Gasteiger charge is -2.08. The van der Waals surface area contributed by atoms with Crippen LogP contribution in [0.3, 0.4) is 0 Å². The minimum absolute atomic E-state index is 0.579. The molecule has 2 rings (SSSR count). The van der Waals surface area contributed by atoms with Gasteiger partial charge in [0.05, 0.1) is 11.3 Å². The first-order valence-electron chi connectivity index (χ1n) is 5.26. The molecule has 2 aromatic carbocycles. The third-order valence-corrected chi connectivity index (χ3v) is 2.90. The van der Waals surface area contributed by atoms with Gasteiger partial charge in [-0.05, 0) is 36.4 Å². The van der Waals surface area contributed by atoms with Crippen molar-refractivity contribution >= 4 is 27.3 Å². The standard InChI is InChI=1S/C15H9BrN2/c1-2-11-4-3-5-14(8-11)18-15-7-6-13(16)9-12(15)10-17/h1,3-9,18H. The van der Waals surface area contributed by atoms with Crippen LogP contribution < -0.4 is 5.32 Å². The predicted octanol–water partition coefficient (Wildman–Crippen LogP) is 4.05. The first-order valence-corrected chi connectivity index (χ1v) is 6.05. The summed E-state index contributed by atoms with van der Waals surface area (Å²) in [6.45, 7) is 0. The van der Waals surface area contributed by atoms with Crippen LogP contribution in [0.1, 0.15) is 11.1 Å². The van der Waals surface area contributed by atoms with Gasteiger partial charge in [0.1, 0.15) is 6.07 Å². The lowest BCUT2D eigenvalue weighted by Crippen LogP contribution is -1.94. The zero-order chi connectivity index (χ0) is 13.0. The number of benzene rings is 2. The molecule has 2 nitrogen and oxygen atoms in total. The fourth-order valence-electron chi connectivity index (χ4n) is 1.56. The summed E-state index contributed by atoms with van der Waals surface area (Å²) in [4.78, 5) is 0. The Morgan fingerprint density at radius 1 is 1.17 bits per heavy atom. The molecule has 0 fully saturated rings. The van der Waals surface area contributed by atoms with Crippen LogP contribution in [0.4, 0.5) is 11.4 Å². The molecule has 0 spiro atoms. The van der Waals surface area contributed by atoms with Gasteiger partial charge in [-0.1, -0.05) is 27.9 Å². The Labute approximate surface area is 114 Å². The second kappa shape index (κ2) is 5.40. The highest BCUT2D eigenvalue weighted by Crippen LogP contribution is 2.24. The van der Waals surface area contributed by atoms with Gasteiger partial charge in [-0.25, -0.2) is 0 Å². The Morgan fingerprint density at radius 3 is 2.72 bits per heavy atom. The van der Waals surface area contributed by atoms with E-state index in [-0.39, 0.29) is 0 Å².